The molecule has 1 aliphatic heterocycles. The van der Waals surface area contributed by atoms with Gasteiger partial charge in [0.2, 0.25) is 5.91 Å². The number of likely N-dealkylation sites (tertiary alicyclic amines) is 1. The van der Waals surface area contributed by atoms with Crippen LogP contribution in [-0.2, 0) is 11.2 Å². The fraction of sp³-hybridized carbons (Fsp3) is 0.364. The summed E-state index contributed by atoms with van der Waals surface area (Å²) in [5.74, 6) is 0.584. The van der Waals surface area contributed by atoms with Crippen LogP contribution in [0.25, 0.3) is 0 Å². The van der Waals surface area contributed by atoms with E-state index < -0.39 is 0 Å². The second kappa shape index (κ2) is 9.32. The average Bonchev–Trinajstić information content (AvgIpc) is 3.27. The molecule has 0 spiro atoms. The molecule has 3 rings (SSSR count). The largest absolute Gasteiger partial charge is 0.493 e. The van der Waals surface area contributed by atoms with Crippen LogP contribution in [0.3, 0.4) is 0 Å². The molecule has 0 saturated carbocycles. The van der Waals surface area contributed by atoms with Crippen LogP contribution in [0.4, 0.5) is 11.4 Å². The van der Waals surface area contributed by atoms with Gasteiger partial charge in [0.25, 0.3) is 5.91 Å². The van der Waals surface area contributed by atoms with Crippen molar-refractivity contribution in [2.45, 2.75) is 25.7 Å². The number of rotatable bonds is 7. The van der Waals surface area contributed by atoms with Gasteiger partial charge in [0.05, 0.1) is 25.5 Å². The zero-order valence-corrected chi connectivity index (χ0v) is 16.9. The Morgan fingerprint density at radius 2 is 1.72 bits per heavy atom. The standard InChI is InChI=1S/C22H27N3O4/c1-28-19-13-16(22(27)25-11-5-6-12-25)18(14-20(19)29-2)24-21(26)10-9-15-7-3-4-8-17(15)23/h3-4,7-8,13-14H,5-6,9-12,23H2,1-2H3,(H,24,26). The smallest absolute Gasteiger partial charge is 0.256 e. The molecule has 1 aliphatic rings. The van der Waals surface area contributed by atoms with Gasteiger partial charge in [-0.05, 0) is 37.0 Å². The van der Waals surface area contributed by atoms with Crippen molar-refractivity contribution >= 4 is 23.2 Å². The van der Waals surface area contributed by atoms with Gasteiger partial charge in [-0.15, -0.1) is 0 Å². The number of carbonyl (C=O) groups is 2. The van der Waals surface area contributed by atoms with Crippen LogP contribution in [0, 0.1) is 0 Å². The molecule has 1 fully saturated rings. The summed E-state index contributed by atoms with van der Waals surface area (Å²) >= 11 is 0. The Morgan fingerprint density at radius 1 is 1.07 bits per heavy atom. The first kappa shape index (κ1) is 20.5. The molecule has 0 aromatic heterocycles. The van der Waals surface area contributed by atoms with Crippen LogP contribution in [0.1, 0.15) is 35.2 Å². The second-order valence-electron chi connectivity index (χ2n) is 7.00. The Hall–Kier alpha value is -3.22. The lowest BCUT2D eigenvalue weighted by Crippen LogP contribution is -2.29. The Labute approximate surface area is 170 Å². The highest BCUT2D eigenvalue weighted by Crippen LogP contribution is 2.34. The number of carbonyl (C=O) groups excluding carboxylic acids is 2. The van der Waals surface area contributed by atoms with E-state index in [9.17, 15) is 9.59 Å². The number of benzene rings is 2. The van der Waals surface area contributed by atoms with Crippen LogP contribution < -0.4 is 20.5 Å². The van der Waals surface area contributed by atoms with E-state index in [0.29, 0.717) is 47.9 Å². The molecule has 2 aromatic rings. The summed E-state index contributed by atoms with van der Waals surface area (Å²) in [7, 11) is 3.04. The maximum atomic E-state index is 13.0. The third-order valence-corrected chi connectivity index (χ3v) is 5.10. The Morgan fingerprint density at radius 3 is 2.38 bits per heavy atom. The van der Waals surface area contributed by atoms with E-state index >= 15 is 0 Å². The molecule has 0 bridgehead atoms. The number of anilines is 2. The molecular formula is C22H27N3O4. The van der Waals surface area contributed by atoms with Gasteiger partial charge in [0.1, 0.15) is 0 Å². The van der Waals surface area contributed by atoms with Crippen molar-refractivity contribution in [1.29, 1.82) is 0 Å². The first-order chi connectivity index (χ1) is 14.0. The zero-order valence-electron chi connectivity index (χ0n) is 16.9. The van der Waals surface area contributed by atoms with Gasteiger partial charge in [0.15, 0.2) is 11.5 Å². The SMILES string of the molecule is COc1cc(NC(=O)CCc2ccccc2N)c(C(=O)N2CCCC2)cc1OC. The summed E-state index contributed by atoms with van der Waals surface area (Å²) in [6, 6.07) is 10.7. The lowest BCUT2D eigenvalue weighted by atomic mass is 10.1. The highest BCUT2D eigenvalue weighted by Gasteiger charge is 2.25. The van der Waals surface area contributed by atoms with Crippen LogP contribution in [0.15, 0.2) is 36.4 Å². The van der Waals surface area contributed by atoms with E-state index in [0.717, 1.165) is 18.4 Å². The van der Waals surface area contributed by atoms with Gasteiger partial charge < -0.3 is 25.4 Å². The van der Waals surface area contributed by atoms with E-state index in [2.05, 4.69) is 5.32 Å². The minimum atomic E-state index is -0.198. The van der Waals surface area contributed by atoms with Gasteiger partial charge in [-0.3, -0.25) is 9.59 Å². The fourth-order valence-corrected chi connectivity index (χ4v) is 3.47. The van der Waals surface area contributed by atoms with Crippen molar-refractivity contribution in [3.8, 4) is 11.5 Å². The molecule has 7 nitrogen and oxygen atoms in total. The predicted molar refractivity (Wildman–Crippen MR) is 112 cm³/mol. The van der Waals surface area contributed by atoms with Gasteiger partial charge in [-0.1, -0.05) is 18.2 Å². The van der Waals surface area contributed by atoms with Crippen molar-refractivity contribution in [1.82, 2.24) is 4.90 Å². The zero-order chi connectivity index (χ0) is 20.8. The Kier molecular flexibility index (Phi) is 6.59. The highest BCUT2D eigenvalue weighted by atomic mass is 16.5. The number of hydrogen-bond donors (Lipinski definition) is 2. The predicted octanol–water partition coefficient (Wildman–Crippen LogP) is 3.09. The number of nitrogen functional groups attached to an aromatic ring is 1. The molecular weight excluding hydrogens is 370 g/mol. The maximum Gasteiger partial charge on any atom is 0.256 e. The van der Waals surface area contributed by atoms with Gasteiger partial charge in [-0.25, -0.2) is 0 Å². The minimum absolute atomic E-state index is 0.119. The molecule has 7 heteroatoms. The molecule has 0 atom stereocenters. The number of aryl methyl sites for hydroxylation is 1. The highest BCUT2D eigenvalue weighted by molar-refractivity contribution is 6.04. The number of nitrogens with two attached hydrogens (primary N) is 1. The monoisotopic (exact) mass is 397 g/mol. The van der Waals surface area contributed by atoms with E-state index in [1.807, 2.05) is 24.3 Å². The van der Waals surface area contributed by atoms with Crippen molar-refractivity contribution in [3.05, 3.63) is 47.5 Å². The summed E-state index contributed by atoms with van der Waals surface area (Å²) < 4.78 is 10.7. The summed E-state index contributed by atoms with van der Waals surface area (Å²) in [6.45, 7) is 1.43. The molecule has 0 unspecified atom stereocenters. The number of hydrogen-bond acceptors (Lipinski definition) is 5. The van der Waals surface area contributed by atoms with E-state index in [-0.39, 0.29) is 18.2 Å². The van der Waals surface area contributed by atoms with E-state index in [1.165, 1.54) is 14.2 Å². The Balaban J connectivity index is 1.81. The third-order valence-electron chi connectivity index (χ3n) is 5.10. The van der Waals surface area contributed by atoms with Gasteiger partial charge in [0, 0.05) is 31.3 Å². The second-order valence-corrected chi connectivity index (χ2v) is 7.00. The average molecular weight is 397 g/mol. The summed E-state index contributed by atoms with van der Waals surface area (Å²) in [5.41, 5.74) is 8.36. The molecule has 1 saturated heterocycles. The minimum Gasteiger partial charge on any atom is -0.493 e. The van der Waals surface area contributed by atoms with E-state index in [4.69, 9.17) is 15.2 Å². The van der Waals surface area contributed by atoms with Crippen molar-refractivity contribution < 1.29 is 19.1 Å². The third kappa shape index (κ3) is 4.80. The topological polar surface area (TPSA) is 93.9 Å². The van der Waals surface area contributed by atoms with Crippen LogP contribution >= 0.6 is 0 Å². The molecule has 2 aromatic carbocycles. The normalized spacial score (nSPS) is 13.2. The number of amides is 2. The lowest BCUT2D eigenvalue weighted by molar-refractivity contribution is -0.116. The number of methoxy groups -OCH3 is 2. The lowest BCUT2D eigenvalue weighted by Gasteiger charge is -2.20. The van der Waals surface area contributed by atoms with Crippen LogP contribution in [0.2, 0.25) is 0 Å². The molecule has 0 radical (unpaired) electrons. The molecule has 2 amide bonds. The van der Waals surface area contributed by atoms with Crippen molar-refractivity contribution in [3.63, 3.8) is 0 Å². The first-order valence-corrected chi connectivity index (χ1v) is 9.72. The Bertz CT molecular complexity index is 892. The summed E-state index contributed by atoms with van der Waals surface area (Å²) in [6.07, 6.45) is 2.74. The molecule has 154 valence electrons. The number of nitrogens with one attached hydrogen (secondary N) is 1. The van der Waals surface area contributed by atoms with E-state index in [1.54, 1.807) is 17.0 Å². The molecule has 29 heavy (non-hydrogen) atoms. The van der Waals surface area contributed by atoms with Crippen LogP contribution in [-0.4, -0.2) is 44.0 Å². The maximum absolute atomic E-state index is 13.0. The molecule has 3 N–H and O–H groups in total. The van der Waals surface area contributed by atoms with Crippen LogP contribution in [0.5, 0.6) is 11.5 Å². The summed E-state index contributed by atoms with van der Waals surface area (Å²) in [4.78, 5) is 27.4. The van der Waals surface area contributed by atoms with Gasteiger partial charge in [-0.2, -0.15) is 0 Å². The quantitative estimate of drug-likeness (QED) is 0.700. The molecule has 0 aliphatic carbocycles. The number of para-hydroxylation sites is 1. The van der Waals surface area contributed by atoms with Crippen molar-refractivity contribution in [2.75, 3.05) is 38.4 Å². The first-order valence-electron chi connectivity index (χ1n) is 9.72. The van der Waals surface area contributed by atoms with Gasteiger partial charge >= 0.3 is 0 Å². The number of nitrogens with zero attached hydrogens (tertiary/aromatic N) is 1. The fourth-order valence-electron chi connectivity index (χ4n) is 3.47. The van der Waals surface area contributed by atoms with Crippen molar-refractivity contribution in [2.24, 2.45) is 0 Å². The summed E-state index contributed by atoms with van der Waals surface area (Å²) in [5, 5.41) is 2.87. The molecule has 1 heterocycles. The number of ether oxygens (including phenoxy) is 2.